The van der Waals surface area contributed by atoms with Crippen molar-refractivity contribution in [2.75, 3.05) is 6.54 Å². The topological polar surface area (TPSA) is 38.5 Å². The number of hydrogen-bond donors (Lipinski definition) is 1. The normalized spacial score (nSPS) is 44.2. The van der Waals surface area contributed by atoms with Gasteiger partial charge in [-0.15, -0.1) is 0 Å². The minimum Gasteiger partial charge on any atom is -0.370 e. The third kappa shape index (κ3) is 2.42. The molecule has 3 saturated heterocycles. The van der Waals surface area contributed by atoms with Crippen LogP contribution in [0.15, 0.2) is 0 Å². The zero-order valence-corrected chi connectivity index (χ0v) is 12.7. The maximum Gasteiger partial charge on any atom is 0.0710 e. The minimum absolute atomic E-state index is 0.286. The van der Waals surface area contributed by atoms with Gasteiger partial charge in [0.1, 0.15) is 0 Å². The van der Waals surface area contributed by atoms with Crippen LogP contribution in [0.25, 0.3) is 0 Å². The monoisotopic (exact) mass is 278 g/mol. The van der Waals surface area contributed by atoms with Crippen molar-refractivity contribution in [2.24, 2.45) is 5.73 Å². The van der Waals surface area contributed by atoms with Gasteiger partial charge < -0.3 is 10.5 Å². The molecule has 3 aliphatic heterocycles. The summed E-state index contributed by atoms with van der Waals surface area (Å²) in [7, 11) is 0. The summed E-state index contributed by atoms with van der Waals surface area (Å²) in [5, 5.41) is 0. The first kappa shape index (κ1) is 13.5. The molecule has 20 heavy (non-hydrogen) atoms. The maximum atomic E-state index is 6.57. The molecule has 3 heterocycles. The lowest BCUT2D eigenvalue weighted by Crippen LogP contribution is -2.50. The van der Waals surface area contributed by atoms with E-state index in [9.17, 15) is 0 Å². The molecule has 3 unspecified atom stereocenters. The second-order valence-electron chi connectivity index (χ2n) is 7.84. The summed E-state index contributed by atoms with van der Waals surface area (Å²) >= 11 is 0. The van der Waals surface area contributed by atoms with Crippen LogP contribution in [-0.4, -0.2) is 41.3 Å². The molecule has 114 valence electrons. The highest BCUT2D eigenvalue weighted by molar-refractivity contribution is 4.99. The minimum atomic E-state index is 0.286. The fraction of sp³-hybridized carbons (Fsp3) is 1.00. The highest BCUT2D eigenvalue weighted by Crippen LogP contribution is 2.43. The summed E-state index contributed by atoms with van der Waals surface area (Å²) in [6, 6.07) is 1.98. The van der Waals surface area contributed by atoms with Crippen molar-refractivity contribution >= 4 is 0 Å². The lowest BCUT2D eigenvalue weighted by molar-refractivity contribution is -0.0780. The lowest BCUT2D eigenvalue weighted by Gasteiger charge is -2.40. The van der Waals surface area contributed by atoms with E-state index >= 15 is 0 Å². The average molecular weight is 278 g/mol. The molecule has 3 nitrogen and oxygen atoms in total. The summed E-state index contributed by atoms with van der Waals surface area (Å²) < 4.78 is 6.57. The fourth-order valence-corrected chi connectivity index (χ4v) is 5.44. The summed E-state index contributed by atoms with van der Waals surface area (Å²) in [5.41, 5.74) is 6.47. The van der Waals surface area contributed by atoms with E-state index in [-0.39, 0.29) is 5.60 Å². The van der Waals surface area contributed by atoms with Gasteiger partial charge in [0.2, 0.25) is 0 Å². The van der Waals surface area contributed by atoms with Gasteiger partial charge in [0.25, 0.3) is 0 Å². The van der Waals surface area contributed by atoms with Gasteiger partial charge >= 0.3 is 0 Å². The van der Waals surface area contributed by atoms with Crippen molar-refractivity contribution in [3.8, 4) is 0 Å². The largest absolute Gasteiger partial charge is 0.370 e. The Labute approximate surface area is 123 Å². The Kier molecular flexibility index (Phi) is 3.56. The van der Waals surface area contributed by atoms with E-state index in [1.54, 1.807) is 0 Å². The molecule has 1 spiro atoms. The van der Waals surface area contributed by atoms with Crippen LogP contribution in [-0.2, 0) is 4.74 Å². The van der Waals surface area contributed by atoms with Crippen LogP contribution in [0.3, 0.4) is 0 Å². The van der Waals surface area contributed by atoms with Gasteiger partial charge in [-0.3, -0.25) is 4.90 Å². The Morgan fingerprint density at radius 2 is 1.65 bits per heavy atom. The second-order valence-corrected chi connectivity index (χ2v) is 7.84. The van der Waals surface area contributed by atoms with E-state index in [2.05, 4.69) is 4.90 Å². The number of ether oxygens (including phenoxy) is 1. The van der Waals surface area contributed by atoms with Crippen LogP contribution in [0.5, 0.6) is 0 Å². The van der Waals surface area contributed by atoms with Gasteiger partial charge in [-0.05, 0) is 51.4 Å². The van der Waals surface area contributed by atoms with Crippen LogP contribution in [0.2, 0.25) is 0 Å². The van der Waals surface area contributed by atoms with Crippen LogP contribution < -0.4 is 5.73 Å². The lowest BCUT2D eigenvalue weighted by atomic mass is 9.83. The van der Waals surface area contributed by atoms with Crippen LogP contribution >= 0.6 is 0 Å². The molecule has 4 fully saturated rings. The van der Waals surface area contributed by atoms with Crippen molar-refractivity contribution in [3.05, 3.63) is 0 Å². The van der Waals surface area contributed by atoms with E-state index in [1.165, 1.54) is 77.2 Å². The van der Waals surface area contributed by atoms with Gasteiger partial charge in [0.05, 0.1) is 11.7 Å². The third-order valence-corrected chi connectivity index (χ3v) is 6.44. The first-order valence-corrected chi connectivity index (χ1v) is 8.93. The quantitative estimate of drug-likeness (QED) is 0.844. The molecular formula is C17H30N2O. The molecule has 1 aliphatic carbocycles. The first-order chi connectivity index (χ1) is 9.74. The van der Waals surface area contributed by atoms with Crippen molar-refractivity contribution in [1.29, 1.82) is 0 Å². The molecule has 3 heteroatoms. The number of nitrogens with zero attached hydrogens (tertiary/aromatic N) is 1. The van der Waals surface area contributed by atoms with Crippen molar-refractivity contribution in [3.63, 3.8) is 0 Å². The third-order valence-electron chi connectivity index (χ3n) is 6.44. The molecule has 4 rings (SSSR count). The summed E-state index contributed by atoms with van der Waals surface area (Å²) in [6.45, 7) is 1.18. The zero-order valence-electron chi connectivity index (χ0n) is 12.7. The number of hydrogen-bond acceptors (Lipinski definition) is 3. The number of piperidine rings is 1. The van der Waals surface area contributed by atoms with Gasteiger partial charge in [-0.1, -0.05) is 19.3 Å². The Hall–Kier alpha value is -0.120. The number of fused-ring (bicyclic) bond motifs is 2. The standard InChI is InChI=1S/C17H30N2O/c18-13-10-14-4-5-15(11-13)19(14)12-16-6-9-17(20-16)7-2-1-3-8-17/h13-16H,1-12,18H2. The van der Waals surface area contributed by atoms with Gasteiger partial charge in [0.15, 0.2) is 0 Å². The first-order valence-electron chi connectivity index (χ1n) is 8.93. The zero-order chi connectivity index (χ0) is 13.6. The molecule has 4 aliphatic rings. The molecule has 0 aromatic rings. The van der Waals surface area contributed by atoms with E-state index in [0.717, 1.165) is 12.1 Å². The van der Waals surface area contributed by atoms with E-state index in [0.29, 0.717) is 12.1 Å². The van der Waals surface area contributed by atoms with Gasteiger partial charge in [-0.2, -0.15) is 0 Å². The molecule has 2 bridgehead atoms. The highest BCUT2D eigenvalue weighted by atomic mass is 16.5. The second kappa shape index (κ2) is 5.26. The summed E-state index contributed by atoms with van der Waals surface area (Å²) in [6.07, 6.45) is 15.1. The summed E-state index contributed by atoms with van der Waals surface area (Å²) in [5.74, 6) is 0. The predicted octanol–water partition coefficient (Wildman–Crippen LogP) is 2.82. The maximum absolute atomic E-state index is 6.57. The Morgan fingerprint density at radius 1 is 0.950 bits per heavy atom. The van der Waals surface area contributed by atoms with E-state index in [1.807, 2.05) is 0 Å². The molecule has 0 radical (unpaired) electrons. The number of nitrogens with two attached hydrogens (primary N) is 1. The molecule has 1 saturated carbocycles. The molecule has 0 amide bonds. The molecule has 2 N–H and O–H groups in total. The molecule has 3 atom stereocenters. The Bertz CT molecular complexity index is 339. The Morgan fingerprint density at radius 3 is 2.35 bits per heavy atom. The average Bonchev–Trinajstić information content (AvgIpc) is 2.92. The predicted molar refractivity (Wildman–Crippen MR) is 80.6 cm³/mol. The Balaban J connectivity index is 1.36. The molecular weight excluding hydrogens is 248 g/mol. The van der Waals surface area contributed by atoms with Crippen LogP contribution in [0.4, 0.5) is 0 Å². The SMILES string of the molecule is NC1CC2CCC(C1)N2CC1CCC2(CCCCC2)O1. The fourth-order valence-electron chi connectivity index (χ4n) is 5.44. The molecule has 0 aromatic heterocycles. The van der Waals surface area contributed by atoms with Crippen molar-refractivity contribution < 1.29 is 4.74 Å². The van der Waals surface area contributed by atoms with Gasteiger partial charge in [-0.25, -0.2) is 0 Å². The van der Waals surface area contributed by atoms with Crippen molar-refractivity contribution in [1.82, 2.24) is 4.90 Å². The number of rotatable bonds is 2. The summed E-state index contributed by atoms with van der Waals surface area (Å²) in [4.78, 5) is 2.76. The van der Waals surface area contributed by atoms with Crippen molar-refractivity contribution in [2.45, 2.75) is 100 Å². The van der Waals surface area contributed by atoms with Crippen LogP contribution in [0.1, 0.15) is 70.6 Å². The van der Waals surface area contributed by atoms with E-state index in [4.69, 9.17) is 10.5 Å². The molecule has 0 aromatic carbocycles. The van der Waals surface area contributed by atoms with Gasteiger partial charge in [0, 0.05) is 24.7 Å². The van der Waals surface area contributed by atoms with E-state index < -0.39 is 0 Å². The highest BCUT2D eigenvalue weighted by Gasteiger charge is 2.45. The smallest absolute Gasteiger partial charge is 0.0710 e. The van der Waals surface area contributed by atoms with Crippen LogP contribution in [0, 0.1) is 0 Å².